The lowest BCUT2D eigenvalue weighted by Gasteiger charge is -2.17. The zero-order valence-corrected chi connectivity index (χ0v) is 11.4. The first-order chi connectivity index (χ1) is 7.41. The molecule has 0 radical (unpaired) electrons. The Morgan fingerprint density at radius 1 is 1.56 bits per heavy atom. The summed E-state index contributed by atoms with van der Waals surface area (Å²) in [5.74, 6) is -0.506. The lowest BCUT2D eigenvalue weighted by atomic mass is 10.3. The third kappa shape index (κ3) is 3.27. The summed E-state index contributed by atoms with van der Waals surface area (Å²) in [5, 5.41) is 0. The molecule has 0 atom stereocenters. The molecule has 0 amide bonds. The van der Waals surface area contributed by atoms with Gasteiger partial charge in [-0.1, -0.05) is 0 Å². The fraction of sp³-hybridized carbons (Fsp3) is 0.455. The van der Waals surface area contributed by atoms with Gasteiger partial charge in [0.05, 0.1) is 22.2 Å². The van der Waals surface area contributed by atoms with Crippen LogP contribution in [0.4, 0.5) is 10.1 Å². The second kappa shape index (κ2) is 5.39. The molecule has 0 unspecified atom stereocenters. The van der Waals surface area contributed by atoms with E-state index in [9.17, 15) is 4.39 Å². The van der Waals surface area contributed by atoms with Gasteiger partial charge in [-0.3, -0.25) is 0 Å². The molecule has 0 aromatic carbocycles. The van der Waals surface area contributed by atoms with E-state index >= 15 is 0 Å². The van der Waals surface area contributed by atoms with Crippen LogP contribution in [-0.2, 0) is 0 Å². The predicted molar refractivity (Wildman–Crippen MR) is 67.7 cm³/mol. The Morgan fingerprint density at radius 3 is 2.75 bits per heavy atom. The Hall–Kier alpha value is -0.970. The van der Waals surface area contributed by atoms with Crippen molar-refractivity contribution >= 4 is 28.0 Å². The van der Waals surface area contributed by atoms with Crippen LogP contribution in [-0.4, -0.2) is 29.3 Å². The topological polar surface area (TPSA) is 28.5 Å². The first kappa shape index (κ1) is 13.1. The van der Waals surface area contributed by atoms with E-state index in [1.54, 1.807) is 19.3 Å². The van der Waals surface area contributed by atoms with Crippen LogP contribution in [0.3, 0.4) is 0 Å². The van der Waals surface area contributed by atoms with Gasteiger partial charge in [-0.15, -0.1) is 0 Å². The van der Waals surface area contributed by atoms with Crippen molar-refractivity contribution in [2.45, 2.75) is 26.8 Å². The summed E-state index contributed by atoms with van der Waals surface area (Å²) in [6.45, 7) is 5.87. The molecule has 0 saturated heterocycles. The summed E-state index contributed by atoms with van der Waals surface area (Å²) >= 11 is 3.09. The summed E-state index contributed by atoms with van der Waals surface area (Å²) in [6, 6.07) is 2.00. The summed E-state index contributed by atoms with van der Waals surface area (Å²) < 4.78 is 13.4. The number of rotatable bonds is 3. The van der Waals surface area contributed by atoms with Crippen LogP contribution in [0.1, 0.15) is 19.5 Å². The van der Waals surface area contributed by atoms with Gasteiger partial charge >= 0.3 is 0 Å². The van der Waals surface area contributed by atoms with Crippen LogP contribution in [0.5, 0.6) is 0 Å². The highest BCUT2D eigenvalue weighted by Crippen LogP contribution is 2.23. The molecule has 0 bridgehead atoms. The van der Waals surface area contributed by atoms with E-state index in [0.717, 1.165) is 0 Å². The number of pyridine rings is 1. The van der Waals surface area contributed by atoms with Gasteiger partial charge in [-0.05, 0) is 42.8 Å². The van der Waals surface area contributed by atoms with Crippen molar-refractivity contribution in [3.63, 3.8) is 0 Å². The van der Waals surface area contributed by atoms with Gasteiger partial charge in [-0.25, -0.2) is 9.98 Å². The Balaban J connectivity index is 2.93. The number of aryl methyl sites for hydroxylation is 1. The van der Waals surface area contributed by atoms with Crippen LogP contribution in [0.2, 0.25) is 0 Å². The number of aromatic nitrogens is 1. The van der Waals surface area contributed by atoms with Crippen LogP contribution in [0, 0.1) is 12.9 Å². The van der Waals surface area contributed by atoms with Crippen LogP contribution >= 0.6 is 15.9 Å². The summed E-state index contributed by atoms with van der Waals surface area (Å²) in [5.41, 5.74) is 1.25. The van der Waals surface area contributed by atoms with E-state index in [-0.39, 0.29) is 0 Å². The highest BCUT2D eigenvalue weighted by Gasteiger charge is 2.06. The third-order valence-corrected chi connectivity index (χ3v) is 2.85. The molecular weight excluding hydrogens is 273 g/mol. The lowest BCUT2D eigenvalue weighted by Crippen LogP contribution is -2.24. The molecule has 0 N–H and O–H groups in total. The quantitative estimate of drug-likeness (QED) is 0.485. The molecule has 0 fully saturated rings. The molecule has 3 nitrogen and oxygen atoms in total. The van der Waals surface area contributed by atoms with Crippen LogP contribution in [0.15, 0.2) is 15.5 Å². The van der Waals surface area contributed by atoms with Crippen molar-refractivity contribution in [2.24, 2.45) is 4.99 Å². The number of aliphatic imine (C=N–C) groups is 1. The Labute approximate surface area is 104 Å². The largest absolute Gasteiger partial charge is 0.363 e. The van der Waals surface area contributed by atoms with Crippen molar-refractivity contribution < 1.29 is 4.39 Å². The van der Waals surface area contributed by atoms with Gasteiger partial charge in [-0.2, -0.15) is 4.39 Å². The van der Waals surface area contributed by atoms with E-state index < -0.39 is 5.95 Å². The fourth-order valence-corrected chi connectivity index (χ4v) is 1.26. The molecule has 0 saturated carbocycles. The SMILES string of the molecule is Cc1nc(F)c(Br)cc1N=CN(C)C(C)C. The summed E-state index contributed by atoms with van der Waals surface area (Å²) in [6.07, 6.45) is 1.72. The van der Waals surface area contributed by atoms with Crippen molar-refractivity contribution in [2.75, 3.05) is 7.05 Å². The minimum atomic E-state index is -0.506. The second-order valence-electron chi connectivity index (χ2n) is 3.87. The van der Waals surface area contributed by atoms with Gasteiger partial charge in [0.25, 0.3) is 0 Å². The van der Waals surface area contributed by atoms with E-state index in [2.05, 4.69) is 39.8 Å². The molecule has 1 aromatic heterocycles. The standard InChI is InChI=1S/C11H15BrFN3/c1-7(2)16(4)6-14-10-5-9(12)11(13)15-8(10)3/h5-7H,1-4H3. The Morgan fingerprint density at radius 2 is 2.19 bits per heavy atom. The monoisotopic (exact) mass is 287 g/mol. The van der Waals surface area contributed by atoms with E-state index in [4.69, 9.17) is 0 Å². The molecular formula is C11H15BrFN3. The maximum atomic E-state index is 13.1. The molecule has 0 aliphatic carbocycles. The van der Waals surface area contributed by atoms with Gasteiger partial charge in [0.1, 0.15) is 0 Å². The molecule has 1 heterocycles. The fourth-order valence-electron chi connectivity index (χ4n) is 0.959. The highest BCUT2D eigenvalue weighted by atomic mass is 79.9. The molecule has 1 rings (SSSR count). The molecule has 5 heteroatoms. The lowest BCUT2D eigenvalue weighted by molar-refractivity contribution is 0.429. The van der Waals surface area contributed by atoms with Crippen LogP contribution in [0.25, 0.3) is 0 Å². The minimum absolute atomic E-state index is 0.331. The van der Waals surface area contributed by atoms with Crippen molar-refractivity contribution in [1.82, 2.24) is 9.88 Å². The minimum Gasteiger partial charge on any atom is -0.363 e. The number of hydrogen-bond acceptors (Lipinski definition) is 2. The van der Waals surface area contributed by atoms with E-state index in [0.29, 0.717) is 21.9 Å². The Bertz CT molecular complexity index is 404. The zero-order chi connectivity index (χ0) is 12.3. The number of nitrogens with zero attached hydrogens (tertiary/aromatic N) is 3. The predicted octanol–water partition coefficient (Wildman–Crippen LogP) is 3.29. The van der Waals surface area contributed by atoms with Gasteiger partial charge in [0.15, 0.2) is 0 Å². The number of hydrogen-bond donors (Lipinski definition) is 0. The number of halogens is 2. The molecule has 0 aliphatic rings. The smallest absolute Gasteiger partial charge is 0.227 e. The maximum Gasteiger partial charge on any atom is 0.227 e. The summed E-state index contributed by atoms with van der Waals surface area (Å²) in [7, 11) is 1.94. The molecule has 0 aliphatic heterocycles. The van der Waals surface area contributed by atoms with Crippen molar-refractivity contribution in [1.29, 1.82) is 0 Å². The molecule has 88 valence electrons. The molecule has 1 aromatic rings. The van der Waals surface area contributed by atoms with Gasteiger partial charge < -0.3 is 4.90 Å². The molecule has 0 spiro atoms. The third-order valence-electron chi connectivity index (χ3n) is 2.29. The average molecular weight is 288 g/mol. The zero-order valence-electron chi connectivity index (χ0n) is 9.83. The Kier molecular flexibility index (Phi) is 4.41. The maximum absolute atomic E-state index is 13.1. The van der Waals surface area contributed by atoms with Gasteiger partial charge in [0.2, 0.25) is 5.95 Å². The first-order valence-electron chi connectivity index (χ1n) is 5.00. The van der Waals surface area contributed by atoms with Crippen molar-refractivity contribution in [3.8, 4) is 0 Å². The normalized spacial score (nSPS) is 11.4. The molecule has 16 heavy (non-hydrogen) atoms. The van der Waals surface area contributed by atoms with Crippen LogP contribution < -0.4 is 0 Å². The highest BCUT2D eigenvalue weighted by molar-refractivity contribution is 9.10. The van der Waals surface area contributed by atoms with Crippen molar-refractivity contribution in [3.05, 3.63) is 22.2 Å². The average Bonchev–Trinajstić information content (AvgIpc) is 2.20. The second-order valence-corrected chi connectivity index (χ2v) is 4.72. The first-order valence-corrected chi connectivity index (χ1v) is 5.80. The van der Waals surface area contributed by atoms with E-state index in [1.165, 1.54) is 0 Å². The van der Waals surface area contributed by atoms with E-state index in [1.807, 2.05) is 11.9 Å². The van der Waals surface area contributed by atoms with Gasteiger partial charge in [0, 0.05) is 13.1 Å². The summed E-state index contributed by atoms with van der Waals surface area (Å²) in [4.78, 5) is 9.99.